The molecule has 1 fully saturated rings. The van der Waals surface area contributed by atoms with Gasteiger partial charge in [-0.15, -0.1) is 0 Å². The van der Waals surface area contributed by atoms with Gasteiger partial charge in [0.15, 0.2) is 12.5 Å². The van der Waals surface area contributed by atoms with E-state index < -0.39 is 12.1 Å². The molecule has 0 aromatic heterocycles. The van der Waals surface area contributed by atoms with Crippen LogP contribution in [-0.2, 0) is 14.3 Å². The van der Waals surface area contributed by atoms with Crippen LogP contribution in [0.2, 0.25) is 0 Å². The molecule has 0 aromatic rings. The standard InChI is InChI=1S/C10H14N4O3.C9H19N/c1-17-10(16)3-2-7-4-13-9(5-12-7)14-8(11)6-15;1-10-8-9-6-4-2-3-5-7-9/h2-4,6,8,12H,5,11H2,1H3,(H,13,14);9-10H,2-8H2,1H3/b3-2+;. The number of aldehydes is 1. The maximum absolute atomic E-state index is 10.8. The van der Waals surface area contributed by atoms with E-state index >= 15 is 0 Å². The Labute approximate surface area is 161 Å². The molecule has 1 atom stereocenters. The minimum atomic E-state index is -0.861. The lowest BCUT2D eigenvalue weighted by atomic mass is 10.0. The Bertz CT molecular complexity index is 537. The van der Waals surface area contributed by atoms with E-state index in [0.717, 1.165) is 5.92 Å². The van der Waals surface area contributed by atoms with Crippen LogP contribution in [0.1, 0.15) is 38.5 Å². The van der Waals surface area contributed by atoms with Crippen LogP contribution in [0.25, 0.3) is 0 Å². The van der Waals surface area contributed by atoms with E-state index in [-0.39, 0.29) is 0 Å². The van der Waals surface area contributed by atoms with Crippen LogP contribution in [0.4, 0.5) is 0 Å². The third-order valence-electron chi connectivity index (χ3n) is 4.37. The van der Waals surface area contributed by atoms with E-state index in [4.69, 9.17) is 5.73 Å². The largest absolute Gasteiger partial charge is 0.466 e. The molecule has 2 rings (SSSR count). The van der Waals surface area contributed by atoms with Crippen molar-refractivity contribution in [3.8, 4) is 0 Å². The molecule has 0 radical (unpaired) electrons. The van der Waals surface area contributed by atoms with E-state index in [1.54, 1.807) is 12.3 Å². The smallest absolute Gasteiger partial charge is 0.330 e. The fraction of sp³-hybridized carbons (Fsp3) is 0.632. The monoisotopic (exact) mass is 379 g/mol. The number of allylic oxidation sites excluding steroid dienone is 1. The Morgan fingerprint density at radius 1 is 1.41 bits per heavy atom. The molecule has 27 heavy (non-hydrogen) atoms. The fourth-order valence-electron chi connectivity index (χ4n) is 2.93. The molecule has 1 unspecified atom stereocenters. The van der Waals surface area contributed by atoms with Gasteiger partial charge in [-0.05, 0) is 38.4 Å². The lowest BCUT2D eigenvalue weighted by Crippen LogP contribution is -2.38. The maximum atomic E-state index is 10.8. The second-order valence-corrected chi connectivity index (χ2v) is 6.57. The second kappa shape index (κ2) is 13.9. The first kappa shape index (κ1) is 22.9. The normalized spacial score (nSPS) is 20.4. The van der Waals surface area contributed by atoms with Crippen LogP contribution < -0.4 is 21.7 Å². The highest BCUT2D eigenvalue weighted by Crippen LogP contribution is 2.21. The molecule has 152 valence electrons. The summed E-state index contributed by atoms with van der Waals surface area (Å²) in [7, 11) is 3.37. The Balaban J connectivity index is 0.000000309. The zero-order valence-corrected chi connectivity index (χ0v) is 16.4. The van der Waals surface area contributed by atoms with Crippen LogP contribution >= 0.6 is 0 Å². The molecule has 1 heterocycles. The number of nitrogens with one attached hydrogen (secondary N) is 3. The van der Waals surface area contributed by atoms with Gasteiger partial charge in [0.25, 0.3) is 0 Å². The molecular weight excluding hydrogens is 346 g/mol. The van der Waals surface area contributed by atoms with Gasteiger partial charge in [0.1, 0.15) is 5.84 Å². The molecular formula is C19H33N5O3. The second-order valence-electron chi connectivity index (χ2n) is 6.57. The lowest BCUT2D eigenvalue weighted by molar-refractivity contribution is -0.134. The zero-order chi connectivity index (χ0) is 19.9. The van der Waals surface area contributed by atoms with E-state index in [9.17, 15) is 9.59 Å². The van der Waals surface area contributed by atoms with E-state index in [2.05, 4.69) is 32.7 Å². The summed E-state index contributed by atoms with van der Waals surface area (Å²) in [6, 6.07) is 0. The Morgan fingerprint density at radius 3 is 2.63 bits per heavy atom. The summed E-state index contributed by atoms with van der Waals surface area (Å²) in [4.78, 5) is 25.0. The van der Waals surface area contributed by atoms with Gasteiger partial charge in [-0.25, -0.2) is 9.79 Å². The highest BCUT2D eigenvalue weighted by atomic mass is 16.5. The summed E-state index contributed by atoms with van der Waals surface area (Å²) in [5.41, 5.74) is 6.04. The lowest BCUT2D eigenvalue weighted by Gasteiger charge is -2.17. The molecule has 8 nitrogen and oxygen atoms in total. The molecule has 5 N–H and O–H groups in total. The van der Waals surface area contributed by atoms with Gasteiger partial charge in [-0.2, -0.15) is 0 Å². The number of carbonyl (C=O) groups is 2. The summed E-state index contributed by atoms with van der Waals surface area (Å²) in [6.07, 6.45) is 12.9. The Kier molecular flexibility index (Phi) is 11.8. The summed E-state index contributed by atoms with van der Waals surface area (Å²) >= 11 is 0. The predicted molar refractivity (Wildman–Crippen MR) is 107 cm³/mol. The van der Waals surface area contributed by atoms with Crippen molar-refractivity contribution in [2.24, 2.45) is 16.6 Å². The number of amidine groups is 1. The van der Waals surface area contributed by atoms with Gasteiger partial charge >= 0.3 is 5.97 Å². The number of ether oxygens (including phenoxy) is 1. The fourth-order valence-corrected chi connectivity index (χ4v) is 2.93. The molecule has 0 amide bonds. The molecule has 0 saturated heterocycles. The molecule has 1 aliphatic carbocycles. The van der Waals surface area contributed by atoms with E-state index in [0.29, 0.717) is 24.4 Å². The third kappa shape index (κ3) is 10.5. The van der Waals surface area contributed by atoms with E-state index in [1.165, 1.54) is 58.3 Å². The molecule has 0 spiro atoms. The number of nitrogens with two attached hydrogens (primary N) is 1. The first-order valence-electron chi connectivity index (χ1n) is 9.47. The number of hydrogen-bond acceptors (Lipinski definition) is 7. The first-order valence-corrected chi connectivity index (χ1v) is 9.47. The van der Waals surface area contributed by atoms with Crippen LogP contribution in [0.5, 0.6) is 0 Å². The summed E-state index contributed by atoms with van der Waals surface area (Å²) in [5.74, 6) is 1.10. The number of esters is 1. The van der Waals surface area contributed by atoms with E-state index in [1.807, 2.05) is 0 Å². The van der Waals surface area contributed by atoms with Gasteiger partial charge in [0.2, 0.25) is 0 Å². The first-order chi connectivity index (χ1) is 13.1. The van der Waals surface area contributed by atoms with Crippen molar-refractivity contribution in [3.05, 3.63) is 24.0 Å². The van der Waals surface area contributed by atoms with Crippen LogP contribution in [0, 0.1) is 5.92 Å². The molecule has 0 aromatic carbocycles. The SMILES string of the molecule is CNCC1CCCCCC1.COC(=O)/C=C/C1=CN/C(=N/C(N)C=O)CN1. The molecule has 0 bridgehead atoms. The molecule has 1 saturated carbocycles. The summed E-state index contributed by atoms with van der Waals surface area (Å²) in [5, 5.41) is 9.10. The quantitative estimate of drug-likeness (QED) is 0.233. The van der Waals surface area contributed by atoms with Gasteiger partial charge in [0, 0.05) is 12.3 Å². The molecule has 2 aliphatic rings. The number of nitrogens with zero attached hydrogens (tertiary/aromatic N) is 1. The van der Waals surface area contributed by atoms with Crippen molar-refractivity contribution in [3.63, 3.8) is 0 Å². The van der Waals surface area contributed by atoms with Gasteiger partial charge < -0.3 is 26.4 Å². The van der Waals surface area contributed by atoms with Crippen molar-refractivity contribution in [1.82, 2.24) is 16.0 Å². The highest BCUT2D eigenvalue weighted by Gasteiger charge is 2.10. The topological polar surface area (TPSA) is 118 Å². The van der Waals surface area contributed by atoms with Gasteiger partial charge in [0.05, 0.1) is 19.4 Å². The summed E-state index contributed by atoms with van der Waals surface area (Å²) < 4.78 is 4.45. The van der Waals surface area contributed by atoms with Crippen molar-refractivity contribution in [1.29, 1.82) is 0 Å². The van der Waals surface area contributed by atoms with Crippen molar-refractivity contribution in [2.75, 3.05) is 27.2 Å². The van der Waals surface area contributed by atoms with Gasteiger partial charge in [-0.3, -0.25) is 4.79 Å². The van der Waals surface area contributed by atoms with Gasteiger partial charge in [-0.1, -0.05) is 25.7 Å². The van der Waals surface area contributed by atoms with Crippen molar-refractivity contribution in [2.45, 2.75) is 44.7 Å². The minimum Gasteiger partial charge on any atom is -0.466 e. The van der Waals surface area contributed by atoms with Crippen LogP contribution in [0.3, 0.4) is 0 Å². The number of methoxy groups -OCH3 is 1. The van der Waals surface area contributed by atoms with Crippen molar-refractivity contribution >= 4 is 18.1 Å². The third-order valence-corrected chi connectivity index (χ3v) is 4.37. The maximum Gasteiger partial charge on any atom is 0.330 e. The predicted octanol–water partition coefficient (Wildman–Crippen LogP) is 0.808. The number of aliphatic imine (C=N–C) groups is 1. The molecule has 1 aliphatic heterocycles. The van der Waals surface area contributed by atoms with Crippen LogP contribution in [0.15, 0.2) is 29.0 Å². The minimum absolute atomic E-state index is 0.402. The Hall–Kier alpha value is -2.19. The number of rotatable bonds is 6. The van der Waals surface area contributed by atoms with Crippen LogP contribution in [-0.4, -0.2) is 51.5 Å². The number of carbonyl (C=O) groups excluding carboxylic acids is 2. The average molecular weight is 380 g/mol. The zero-order valence-electron chi connectivity index (χ0n) is 16.4. The number of hydrogen-bond donors (Lipinski definition) is 4. The Morgan fingerprint density at radius 2 is 2.11 bits per heavy atom. The summed E-state index contributed by atoms with van der Waals surface area (Å²) in [6.45, 7) is 1.64. The highest BCUT2D eigenvalue weighted by molar-refractivity contribution is 5.88. The van der Waals surface area contributed by atoms with Crippen molar-refractivity contribution < 1.29 is 14.3 Å². The molecule has 8 heteroatoms. The average Bonchev–Trinajstić information content (AvgIpc) is 2.96.